The Morgan fingerprint density at radius 2 is 1.95 bits per heavy atom. The van der Waals surface area contributed by atoms with Crippen molar-refractivity contribution >= 4 is 16.1 Å². The van der Waals surface area contributed by atoms with E-state index in [0.29, 0.717) is 13.1 Å². The second kappa shape index (κ2) is 5.66. The Morgan fingerprint density at radius 3 is 2.42 bits per heavy atom. The summed E-state index contributed by atoms with van der Waals surface area (Å²) in [5.74, 6) is 0. The summed E-state index contributed by atoms with van der Waals surface area (Å²) in [4.78, 5) is 13.5. The van der Waals surface area contributed by atoms with Gasteiger partial charge < -0.3 is 9.64 Å². The number of ether oxygens (including phenoxy) is 1. The van der Waals surface area contributed by atoms with Gasteiger partial charge in [0.05, 0.1) is 6.26 Å². The Labute approximate surface area is 115 Å². The molecule has 0 bridgehead atoms. The first-order valence-electron chi connectivity index (χ1n) is 6.41. The smallest absolute Gasteiger partial charge is 0.410 e. The van der Waals surface area contributed by atoms with E-state index in [-0.39, 0.29) is 6.04 Å². The molecule has 0 aliphatic carbocycles. The summed E-state index contributed by atoms with van der Waals surface area (Å²) < 4.78 is 29.8. The predicted molar refractivity (Wildman–Crippen MR) is 73.4 cm³/mol. The maximum atomic E-state index is 12.0. The maximum absolute atomic E-state index is 12.0. The molecule has 7 heteroatoms. The fourth-order valence-electron chi connectivity index (χ4n) is 2.02. The fourth-order valence-corrected chi connectivity index (χ4v) is 2.92. The van der Waals surface area contributed by atoms with Crippen molar-refractivity contribution < 1.29 is 17.9 Å². The van der Waals surface area contributed by atoms with Crippen molar-refractivity contribution in [3.63, 3.8) is 0 Å². The summed E-state index contributed by atoms with van der Waals surface area (Å²) in [6, 6.07) is -0.127. The van der Waals surface area contributed by atoms with E-state index in [0.717, 1.165) is 12.8 Å². The van der Waals surface area contributed by atoms with Gasteiger partial charge in [-0.05, 0) is 33.6 Å². The summed E-state index contributed by atoms with van der Waals surface area (Å²) in [7, 11) is -1.54. The summed E-state index contributed by atoms with van der Waals surface area (Å²) in [6.07, 6.45) is 2.34. The van der Waals surface area contributed by atoms with Crippen LogP contribution in [0.4, 0.5) is 4.79 Å². The van der Waals surface area contributed by atoms with E-state index in [1.54, 1.807) is 7.05 Å². The van der Waals surface area contributed by atoms with Crippen LogP contribution in [0.15, 0.2) is 0 Å². The van der Waals surface area contributed by atoms with Crippen LogP contribution in [0.2, 0.25) is 0 Å². The average Bonchev–Trinajstić information content (AvgIpc) is 2.24. The molecule has 0 aromatic heterocycles. The van der Waals surface area contributed by atoms with Gasteiger partial charge >= 0.3 is 6.09 Å². The van der Waals surface area contributed by atoms with Gasteiger partial charge in [-0.15, -0.1) is 0 Å². The third-order valence-corrected chi connectivity index (χ3v) is 4.33. The highest BCUT2D eigenvalue weighted by atomic mass is 32.2. The Hall–Kier alpha value is -0.820. The molecule has 19 heavy (non-hydrogen) atoms. The van der Waals surface area contributed by atoms with Crippen molar-refractivity contribution in [3.8, 4) is 0 Å². The number of rotatable bonds is 2. The van der Waals surface area contributed by atoms with Gasteiger partial charge in [0.2, 0.25) is 10.0 Å². The van der Waals surface area contributed by atoms with E-state index in [9.17, 15) is 13.2 Å². The van der Waals surface area contributed by atoms with Crippen LogP contribution in [0, 0.1) is 0 Å². The molecule has 0 aromatic carbocycles. The second-order valence-corrected chi connectivity index (χ2v) is 7.99. The molecule has 0 aromatic rings. The molecule has 0 N–H and O–H groups in total. The number of amides is 1. The van der Waals surface area contributed by atoms with Crippen LogP contribution in [-0.4, -0.2) is 61.8 Å². The topological polar surface area (TPSA) is 66.9 Å². The Balaban J connectivity index is 2.67. The Bertz CT molecular complexity index is 428. The number of sulfonamides is 1. The molecular weight excluding hydrogens is 268 g/mol. The zero-order valence-corrected chi connectivity index (χ0v) is 13.2. The Morgan fingerprint density at radius 1 is 1.37 bits per heavy atom. The highest BCUT2D eigenvalue weighted by Crippen LogP contribution is 2.19. The normalized spacial score (nSPS) is 22.1. The molecule has 1 fully saturated rings. The van der Waals surface area contributed by atoms with Crippen LogP contribution in [0.1, 0.15) is 33.6 Å². The number of carbonyl (C=O) groups is 1. The monoisotopic (exact) mass is 292 g/mol. The van der Waals surface area contributed by atoms with Crippen LogP contribution in [0.25, 0.3) is 0 Å². The number of hydrogen-bond donors (Lipinski definition) is 0. The van der Waals surface area contributed by atoms with Crippen LogP contribution in [0.5, 0.6) is 0 Å². The lowest BCUT2D eigenvalue weighted by molar-refractivity contribution is 0.0173. The van der Waals surface area contributed by atoms with Crippen molar-refractivity contribution in [1.82, 2.24) is 9.21 Å². The number of nitrogens with zero attached hydrogens (tertiary/aromatic N) is 2. The molecule has 1 rings (SSSR count). The van der Waals surface area contributed by atoms with Gasteiger partial charge in [-0.25, -0.2) is 17.5 Å². The van der Waals surface area contributed by atoms with Gasteiger partial charge in [-0.2, -0.15) is 0 Å². The lowest BCUT2D eigenvalue weighted by Gasteiger charge is -2.36. The minimum Gasteiger partial charge on any atom is -0.444 e. The molecule has 1 aliphatic heterocycles. The molecule has 1 unspecified atom stereocenters. The van der Waals surface area contributed by atoms with Gasteiger partial charge in [0.15, 0.2) is 0 Å². The molecule has 0 spiro atoms. The van der Waals surface area contributed by atoms with E-state index in [1.807, 2.05) is 20.8 Å². The summed E-state index contributed by atoms with van der Waals surface area (Å²) >= 11 is 0. The number of likely N-dealkylation sites (N-methyl/N-ethyl adjacent to an activating group) is 1. The molecular formula is C12H24N2O4S. The maximum Gasteiger partial charge on any atom is 0.410 e. The largest absolute Gasteiger partial charge is 0.444 e. The lowest BCUT2D eigenvalue weighted by atomic mass is 10.1. The summed E-state index contributed by atoms with van der Waals surface area (Å²) in [6.45, 7) is 6.29. The molecule has 1 aliphatic rings. The van der Waals surface area contributed by atoms with Crippen molar-refractivity contribution in [3.05, 3.63) is 0 Å². The first kappa shape index (κ1) is 16.2. The molecule has 0 radical (unpaired) electrons. The molecule has 1 saturated heterocycles. The number of hydrogen-bond acceptors (Lipinski definition) is 4. The minimum absolute atomic E-state index is 0.127. The molecule has 1 amide bonds. The molecule has 1 heterocycles. The zero-order valence-electron chi connectivity index (χ0n) is 12.3. The Kier molecular flexibility index (Phi) is 4.84. The zero-order chi connectivity index (χ0) is 14.8. The first-order valence-corrected chi connectivity index (χ1v) is 8.26. The van der Waals surface area contributed by atoms with Gasteiger partial charge in [0.25, 0.3) is 0 Å². The van der Waals surface area contributed by atoms with Crippen LogP contribution in [-0.2, 0) is 14.8 Å². The predicted octanol–water partition coefficient (Wildman–Crippen LogP) is 1.28. The highest BCUT2D eigenvalue weighted by Gasteiger charge is 2.31. The quantitative estimate of drug-likeness (QED) is 0.769. The van der Waals surface area contributed by atoms with Gasteiger partial charge in [-0.3, -0.25) is 0 Å². The molecule has 112 valence electrons. The molecule has 0 saturated carbocycles. The van der Waals surface area contributed by atoms with Gasteiger partial charge in [0, 0.05) is 26.2 Å². The number of carbonyl (C=O) groups excluding carboxylic acids is 1. The van der Waals surface area contributed by atoms with E-state index in [2.05, 4.69) is 0 Å². The summed E-state index contributed by atoms with van der Waals surface area (Å²) in [5.41, 5.74) is -0.545. The lowest BCUT2D eigenvalue weighted by Crippen LogP contribution is -2.50. The van der Waals surface area contributed by atoms with E-state index < -0.39 is 21.7 Å². The van der Waals surface area contributed by atoms with Crippen molar-refractivity contribution in [1.29, 1.82) is 0 Å². The molecule has 6 nitrogen and oxygen atoms in total. The number of piperidine rings is 1. The van der Waals surface area contributed by atoms with Crippen molar-refractivity contribution in [2.45, 2.75) is 45.3 Å². The first-order chi connectivity index (χ1) is 8.50. The standard InChI is InChI=1S/C12H24N2O4S/c1-12(2,3)18-11(15)13(4)10-7-6-8-14(9-10)19(5,16)17/h10H,6-9H2,1-5H3. The average molecular weight is 292 g/mol. The SMILES string of the molecule is CN(C(=O)OC(C)(C)C)C1CCCN(S(C)(=O)=O)C1. The van der Waals surface area contributed by atoms with E-state index in [4.69, 9.17) is 4.74 Å². The van der Waals surface area contributed by atoms with Crippen molar-refractivity contribution in [2.75, 3.05) is 26.4 Å². The van der Waals surface area contributed by atoms with Crippen molar-refractivity contribution in [2.24, 2.45) is 0 Å². The molecule has 1 atom stereocenters. The van der Waals surface area contributed by atoms with Gasteiger partial charge in [0.1, 0.15) is 5.60 Å². The fraction of sp³-hybridized carbons (Fsp3) is 0.917. The van der Waals surface area contributed by atoms with E-state index >= 15 is 0 Å². The van der Waals surface area contributed by atoms with Crippen LogP contribution < -0.4 is 0 Å². The van der Waals surface area contributed by atoms with Crippen LogP contribution in [0.3, 0.4) is 0 Å². The highest BCUT2D eigenvalue weighted by molar-refractivity contribution is 7.88. The second-order valence-electron chi connectivity index (χ2n) is 6.01. The van der Waals surface area contributed by atoms with E-state index in [1.165, 1.54) is 15.5 Å². The third kappa shape index (κ3) is 4.99. The third-order valence-electron chi connectivity index (χ3n) is 3.06. The summed E-state index contributed by atoms with van der Waals surface area (Å²) in [5, 5.41) is 0. The van der Waals surface area contributed by atoms with Gasteiger partial charge in [-0.1, -0.05) is 0 Å². The minimum atomic E-state index is -3.20. The van der Waals surface area contributed by atoms with Crippen LogP contribution >= 0.6 is 0 Å².